The van der Waals surface area contributed by atoms with Gasteiger partial charge in [0.1, 0.15) is 0 Å². The molecule has 0 aliphatic rings. The van der Waals surface area contributed by atoms with Gasteiger partial charge in [-0.1, -0.05) is 13.0 Å². The summed E-state index contributed by atoms with van der Waals surface area (Å²) in [5.41, 5.74) is 0.676. The van der Waals surface area contributed by atoms with E-state index in [0.717, 1.165) is 0 Å². The smallest absolute Gasteiger partial charge is 0.0124 e. The van der Waals surface area contributed by atoms with Crippen molar-refractivity contribution >= 4 is 5.71 Å². The molecule has 1 heteroatoms. The van der Waals surface area contributed by atoms with Crippen molar-refractivity contribution in [1.29, 1.82) is 5.41 Å². The van der Waals surface area contributed by atoms with Crippen molar-refractivity contribution in [3.63, 3.8) is 0 Å². The summed E-state index contributed by atoms with van der Waals surface area (Å²) in [6.45, 7) is 7.28. The summed E-state index contributed by atoms with van der Waals surface area (Å²) in [5.74, 6) is 0.250. The molecule has 0 spiro atoms. The number of hydrogen-bond acceptors (Lipinski definition) is 1. The molecule has 0 aliphatic heterocycles. The fourth-order valence-corrected chi connectivity index (χ4v) is 0.177. The third kappa shape index (κ3) is 2.15. The average molecular weight is 97.2 g/mol. The molecule has 0 heterocycles. The van der Waals surface area contributed by atoms with Crippen LogP contribution in [-0.4, -0.2) is 5.71 Å². The fraction of sp³-hybridized carbons (Fsp3) is 0.500. The Morgan fingerprint density at radius 2 is 2.29 bits per heavy atom. The van der Waals surface area contributed by atoms with Gasteiger partial charge in [-0.2, -0.15) is 0 Å². The van der Waals surface area contributed by atoms with Crippen LogP contribution in [0.5, 0.6) is 0 Å². The minimum Gasteiger partial charge on any atom is -0.309 e. The van der Waals surface area contributed by atoms with Gasteiger partial charge in [-0.15, -0.1) is 6.58 Å². The largest absolute Gasteiger partial charge is 0.309 e. The van der Waals surface area contributed by atoms with E-state index >= 15 is 0 Å². The molecule has 1 atom stereocenters. The van der Waals surface area contributed by atoms with Gasteiger partial charge in [0.25, 0.3) is 0 Å². The van der Waals surface area contributed by atoms with Crippen LogP contribution in [0.15, 0.2) is 12.7 Å². The lowest BCUT2D eigenvalue weighted by atomic mass is 10.1. The topological polar surface area (TPSA) is 23.9 Å². The normalized spacial score (nSPS) is 12.9. The first-order valence-corrected chi connectivity index (χ1v) is 2.36. The van der Waals surface area contributed by atoms with E-state index in [1.807, 2.05) is 6.92 Å². The highest BCUT2D eigenvalue weighted by atomic mass is 14.4. The van der Waals surface area contributed by atoms with E-state index in [0.29, 0.717) is 5.71 Å². The molecule has 0 fully saturated rings. The molecule has 0 bridgehead atoms. The summed E-state index contributed by atoms with van der Waals surface area (Å²) < 4.78 is 0. The van der Waals surface area contributed by atoms with Crippen LogP contribution in [0.25, 0.3) is 0 Å². The first-order valence-electron chi connectivity index (χ1n) is 2.36. The monoisotopic (exact) mass is 97.1 g/mol. The van der Waals surface area contributed by atoms with Gasteiger partial charge in [0.2, 0.25) is 0 Å². The maximum Gasteiger partial charge on any atom is 0.0124 e. The zero-order valence-corrected chi connectivity index (χ0v) is 4.86. The molecule has 0 aromatic heterocycles. The lowest BCUT2D eigenvalue weighted by Gasteiger charge is -1.97. The second-order valence-corrected chi connectivity index (χ2v) is 1.71. The molecule has 0 radical (unpaired) electrons. The zero-order chi connectivity index (χ0) is 5.86. The van der Waals surface area contributed by atoms with Crippen molar-refractivity contribution < 1.29 is 0 Å². The van der Waals surface area contributed by atoms with Crippen molar-refractivity contribution in [3.8, 4) is 0 Å². The average Bonchev–Trinajstić information content (AvgIpc) is 1.65. The summed E-state index contributed by atoms with van der Waals surface area (Å²) in [6.07, 6.45) is 1.77. The van der Waals surface area contributed by atoms with Crippen LogP contribution >= 0.6 is 0 Å². The van der Waals surface area contributed by atoms with Crippen molar-refractivity contribution in [2.45, 2.75) is 13.8 Å². The third-order valence-corrected chi connectivity index (χ3v) is 1.04. The summed E-state index contributed by atoms with van der Waals surface area (Å²) in [4.78, 5) is 0. The van der Waals surface area contributed by atoms with Crippen LogP contribution in [0.2, 0.25) is 0 Å². The van der Waals surface area contributed by atoms with Gasteiger partial charge in [-0.25, -0.2) is 0 Å². The Kier molecular flexibility index (Phi) is 2.34. The minimum atomic E-state index is 0.250. The van der Waals surface area contributed by atoms with Crippen LogP contribution < -0.4 is 0 Å². The van der Waals surface area contributed by atoms with Crippen LogP contribution in [0.4, 0.5) is 0 Å². The van der Waals surface area contributed by atoms with Crippen molar-refractivity contribution in [3.05, 3.63) is 12.7 Å². The van der Waals surface area contributed by atoms with Crippen molar-refractivity contribution in [2.24, 2.45) is 5.92 Å². The molecule has 1 unspecified atom stereocenters. The first-order chi connectivity index (χ1) is 3.18. The first kappa shape index (κ1) is 6.41. The second-order valence-electron chi connectivity index (χ2n) is 1.71. The van der Waals surface area contributed by atoms with Gasteiger partial charge in [0.15, 0.2) is 0 Å². The summed E-state index contributed by atoms with van der Waals surface area (Å²) in [5, 5.41) is 7.03. The Hall–Kier alpha value is -0.590. The molecular weight excluding hydrogens is 86.1 g/mol. The van der Waals surface area contributed by atoms with Gasteiger partial charge in [0.05, 0.1) is 0 Å². The standard InChI is InChI=1S/C6H11N/c1-4-5(2)6(3)7/h4-5,7H,1H2,2-3H3. The third-order valence-electron chi connectivity index (χ3n) is 1.04. The van der Waals surface area contributed by atoms with E-state index in [9.17, 15) is 0 Å². The molecule has 0 saturated heterocycles. The SMILES string of the molecule is C=CC(C)C(C)=N. The predicted molar refractivity (Wildman–Crippen MR) is 32.8 cm³/mol. The predicted octanol–water partition coefficient (Wildman–Crippen LogP) is 1.85. The van der Waals surface area contributed by atoms with Crippen LogP contribution in [0.1, 0.15) is 13.8 Å². The number of nitrogens with one attached hydrogen (secondary N) is 1. The van der Waals surface area contributed by atoms with Crippen LogP contribution in [0, 0.1) is 11.3 Å². The molecule has 1 nitrogen and oxygen atoms in total. The molecule has 0 aromatic rings. The van der Waals surface area contributed by atoms with Gasteiger partial charge in [0, 0.05) is 11.6 Å². The Bertz CT molecular complexity index is 84.2. The number of allylic oxidation sites excluding steroid dienone is 1. The van der Waals surface area contributed by atoms with E-state index in [1.165, 1.54) is 0 Å². The highest BCUT2D eigenvalue weighted by Gasteiger charge is 1.93. The van der Waals surface area contributed by atoms with Crippen LogP contribution in [-0.2, 0) is 0 Å². The molecular formula is C6H11N. The number of rotatable bonds is 2. The number of hydrogen-bond donors (Lipinski definition) is 1. The maximum absolute atomic E-state index is 7.03. The Morgan fingerprint density at radius 3 is 2.29 bits per heavy atom. The molecule has 0 amide bonds. The second kappa shape index (κ2) is 2.56. The van der Waals surface area contributed by atoms with Crippen molar-refractivity contribution in [1.82, 2.24) is 0 Å². The lowest BCUT2D eigenvalue weighted by molar-refractivity contribution is 0.982. The lowest BCUT2D eigenvalue weighted by Crippen LogP contribution is -1.99. The Labute approximate surface area is 44.6 Å². The molecule has 0 aromatic carbocycles. The molecule has 40 valence electrons. The quantitative estimate of drug-likeness (QED) is 0.401. The Balaban J connectivity index is 3.55. The van der Waals surface area contributed by atoms with Gasteiger partial charge in [-0.05, 0) is 6.92 Å². The maximum atomic E-state index is 7.03. The fourth-order valence-electron chi connectivity index (χ4n) is 0.177. The van der Waals surface area contributed by atoms with Crippen molar-refractivity contribution in [2.75, 3.05) is 0 Å². The summed E-state index contributed by atoms with van der Waals surface area (Å²) >= 11 is 0. The van der Waals surface area contributed by atoms with Gasteiger partial charge in [-0.3, -0.25) is 0 Å². The minimum absolute atomic E-state index is 0.250. The van der Waals surface area contributed by atoms with E-state index in [2.05, 4.69) is 6.58 Å². The highest BCUT2D eigenvalue weighted by molar-refractivity contribution is 5.82. The summed E-state index contributed by atoms with van der Waals surface area (Å²) in [6, 6.07) is 0. The molecule has 0 aliphatic carbocycles. The van der Waals surface area contributed by atoms with E-state index in [4.69, 9.17) is 5.41 Å². The molecule has 0 saturated carbocycles. The van der Waals surface area contributed by atoms with E-state index in [1.54, 1.807) is 13.0 Å². The molecule has 1 N–H and O–H groups in total. The van der Waals surface area contributed by atoms with Gasteiger partial charge >= 0.3 is 0 Å². The van der Waals surface area contributed by atoms with Gasteiger partial charge < -0.3 is 5.41 Å². The molecule has 0 rings (SSSR count). The summed E-state index contributed by atoms with van der Waals surface area (Å²) in [7, 11) is 0. The highest BCUT2D eigenvalue weighted by Crippen LogP contribution is 1.94. The Morgan fingerprint density at radius 1 is 1.86 bits per heavy atom. The zero-order valence-electron chi connectivity index (χ0n) is 4.86. The molecule has 7 heavy (non-hydrogen) atoms. The van der Waals surface area contributed by atoms with E-state index in [-0.39, 0.29) is 5.92 Å². The van der Waals surface area contributed by atoms with Crippen LogP contribution in [0.3, 0.4) is 0 Å². The van der Waals surface area contributed by atoms with E-state index < -0.39 is 0 Å².